The van der Waals surface area contributed by atoms with Crippen molar-refractivity contribution in [2.24, 2.45) is 11.8 Å². The standard InChI is InChI=1S/C14H14O2/c1-16-14(15)13(12-8-4-5-9-12)10-11-6-2-3-7-11/h2-12H,1H3. The maximum absolute atomic E-state index is 11.7. The Hall–Kier alpha value is -1.83. The Kier molecular flexibility index (Phi) is 3.20. The third-order valence-electron chi connectivity index (χ3n) is 2.68. The first-order valence-electron chi connectivity index (χ1n) is 5.31. The van der Waals surface area contributed by atoms with Gasteiger partial charge in [0.25, 0.3) is 0 Å². The Morgan fingerprint density at radius 1 is 1.06 bits per heavy atom. The highest BCUT2D eigenvalue weighted by Crippen LogP contribution is 2.23. The zero-order valence-corrected chi connectivity index (χ0v) is 9.17. The van der Waals surface area contributed by atoms with Gasteiger partial charge in [0.05, 0.1) is 7.11 Å². The van der Waals surface area contributed by atoms with Gasteiger partial charge in [0.1, 0.15) is 0 Å². The van der Waals surface area contributed by atoms with Gasteiger partial charge in [-0.05, 0) is 0 Å². The number of carbonyl (C=O) groups is 1. The van der Waals surface area contributed by atoms with Crippen molar-refractivity contribution in [3.63, 3.8) is 0 Å². The van der Waals surface area contributed by atoms with E-state index in [1.807, 2.05) is 54.7 Å². The van der Waals surface area contributed by atoms with Crippen LogP contribution in [0.25, 0.3) is 0 Å². The van der Waals surface area contributed by atoms with Gasteiger partial charge in [-0.3, -0.25) is 0 Å². The maximum atomic E-state index is 11.7. The second-order valence-corrected chi connectivity index (χ2v) is 3.76. The third kappa shape index (κ3) is 2.22. The van der Waals surface area contributed by atoms with Gasteiger partial charge >= 0.3 is 5.97 Å². The minimum absolute atomic E-state index is 0.0508. The smallest absolute Gasteiger partial charge is 0.334 e. The number of ether oxygens (including phenoxy) is 1. The van der Waals surface area contributed by atoms with Crippen LogP contribution in [0.1, 0.15) is 0 Å². The Morgan fingerprint density at radius 2 is 1.62 bits per heavy atom. The minimum atomic E-state index is -0.255. The summed E-state index contributed by atoms with van der Waals surface area (Å²) in [6.45, 7) is 0. The van der Waals surface area contributed by atoms with Crippen LogP contribution in [0, 0.1) is 11.8 Å². The van der Waals surface area contributed by atoms with Crippen LogP contribution < -0.4 is 0 Å². The van der Waals surface area contributed by atoms with E-state index in [0.29, 0.717) is 5.57 Å². The fourth-order valence-electron chi connectivity index (χ4n) is 1.84. The normalized spacial score (nSPS) is 19.9. The molecule has 0 radical (unpaired) electrons. The molecule has 0 heterocycles. The molecule has 0 aromatic carbocycles. The highest BCUT2D eigenvalue weighted by molar-refractivity contribution is 5.90. The van der Waals surface area contributed by atoms with Crippen molar-refractivity contribution < 1.29 is 9.53 Å². The van der Waals surface area contributed by atoms with Crippen molar-refractivity contribution in [1.29, 1.82) is 0 Å². The van der Waals surface area contributed by atoms with Crippen molar-refractivity contribution in [1.82, 2.24) is 0 Å². The van der Waals surface area contributed by atoms with Crippen LogP contribution in [-0.4, -0.2) is 13.1 Å². The first kappa shape index (κ1) is 10.7. The summed E-state index contributed by atoms with van der Waals surface area (Å²) in [6.07, 6.45) is 17.9. The lowest BCUT2D eigenvalue weighted by atomic mass is 9.96. The molecule has 0 unspecified atom stereocenters. The molecule has 0 bridgehead atoms. The van der Waals surface area contributed by atoms with Crippen LogP contribution >= 0.6 is 0 Å². The maximum Gasteiger partial charge on any atom is 0.334 e. The van der Waals surface area contributed by atoms with Gasteiger partial charge in [-0.15, -0.1) is 0 Å². The monoisotopic (exact) mass is 214 g/mol. The molecule has 82 valence electrons. The van der Waals surface area contributed by atoms with Crippen LogP contribution in [0.2, 0.25) is 0 Å². The van der Waals surface area contributed by atoms with E-state index in [1.165, 1.54) is 7.11 Å². The molecule has 0 N–H and O–H groups in total. The van der Waals surface area contributed by atoms with Gasteiger partial charge in [0, 0.05) is 17.4 Å². The van der Waals surface area contributed by atoms with E-state index in [1.54, 1.807) is 0 Å². The lowest BCUT2D eigenvalue weighted by Gasteiger charge is -2.11. The minimum Gasteiger partial charge on any atom is -0.466 e. The predicted molar refractivity (Wildman–Crippen MR) is 63.6 cm³/mol. The Morgan fingerprint density at radius 3 is 2.19 bits per heavy atom. The molecular formula is C14H14O2. The van der Waals surface area contributed by atoms with E-state index >= 15 is 0 Å². The van der Waals surface area contributed by atoms with Gasteiger partial charge in [-0.1, -0.05) is 54.7 Å². The van der Waals surface area contributed by atoms with Crippen LogP contribution in [-0.2, 0) is 9.53 Å². The van der Waals surface area contributed by atoms with E-state index in [9.17, 15) is 4.79 Å². The van der Waals surface area contributed by atoms with E-state index < -0.39 is 0 Å². The van der Waals surface area contributed by atoms with Gasteiger partial charge in [0.15, 0.2) is 0 Å². The van der Waals surface area contributed by atoms with Crippen molar-refractivity contribution in [2.45, 2.75) is 0 Å². The second-order valence-electron chi connectivity index (χ2n) is 3.76. The van der Waals surface area contributed by atoms with E-state index in [-0.39, 0.29) is 17.8 Å². The van der Waals surface area contributed by atoms with Crippen molar-refractivity contribution in [3.05, 3.63) is 60.3 Å². The van der Waals surface area contributed by atoms with E-state index in [4.69, 9.17) is 4.74 Å². The average molecular weight is 214 g/mol. The molecule has 2 aliphatic carbocycles. The summed E-state index contributed by atoms with van der Waals surface area (Å²) in [5, 5.41) is 0. The molecule has 16 heavy (non-hydrogen) atoms. The van der Waals surface area contributed by atoms with Crippen LogP contribution in [0.4, 0.5) is 0 Å². The van der Waals surface area contributed by atoms with E-state index in [2.05, 4.69) is 0 Å². The number of rotatable bonds is 3. The Balaban J connectivity index is 2.23. The fourth-order valence-corrected chi connectivity index (χ4v) is 1.84. The molecule has 0 fully saturated rings. The molecule has 2 nitrogen and oxygen atoms in total. The number of esters is 1. The molecule has 0 aromatic heterocycles. The SMILES string of the molecule is COC(=O)C(=CC1C=CC=C1)C1C=CC=C1. The third-order valence-corrected chi connectivity index (χ3v) is 2.68. The molecule has 0 atom stereocenters. The highest BCUT2D eigenvalue weighted by Gasteiger charge is 2.19. The van der Waals surface area contributed by atoms with Crippen molar-refractivity contribution >= 4 is 5.97 Å². The van der Waals surface area contributed by atoms with E-state index in [0.717, 1.165) is 0 Å². The van der Waals surface area contributed by atoms with Crippen molar-refractivity contribution in [3.8, 4) is 0 Å². The quantitative estimate of drug-likeness (QED) is 0.533. The van der Waals surface area contributed by atoms with Gasteiger partial charge in [0.2, 0.25) is 0 Å². The molecule has 0 saturated heterocycles. The number of carbonyl (C=O) groups excluding carboxylic acids is 1. The summed E-state index contributed by atoms with van der Waals surface area (Å²) >= 11 is 0. The van der Waals surface area contributed by atoms with Crippen molar-refractivity contribution in [2.75, 3.05) is 7.11 Å². The van der Waals surface area contributed by atoms with Gasteiger partial charge in [-0.2, -0.15) is 0 Å². The molecule has 0 aromatic rings. The van der Waals surface area contributed by atoms with Gasteiger partial charge < -0.3 is 4.74 Å². The molecular weight excluding hydrogens is 200 g/mol. The molecule has 2 aliphatic rings. The van der Waals surface area contributed by atoms with Crippen LogP contribution in [0.5, 0.6) is 0 Å². The lowest BCUT2D eigenvalue weighted by Crippen LogP contribution is -2.12. The largest absolute Gasteiger partial charge is 0.466 e. The number of allylic oxidation sites excluding steroid dienone is 9. The summed E-state index contributed by atoms with van der Waals surface area (Å²) in [5.41, 5.74) is 0.703. The summed E-state index contributed by atoms with van der Waals surface area (Å²) < 4.78 is 4.81. The highest BCUT2D eigenvalue weighted by atomic mass is 16.5. The van der Waals surface area contributed by atoms with Crippen LogP contribution in [0.15, 0.2) is 60.3 Å². The molecule has 0 spiro atoms. The lowest BCUT2D eigenvalue weighted by molar-refractivity contribution is -0.136. The molecule has 0 amide bonds. The number of hydrogen-bond acceptors (Lipinski definition) is 2. The topological polar surface area (TPSA) is 26.3 Å². The zero-order chi connectivity index (χ0) is 11.4. The summed E-state index contributed by atoms with van der Waals surface area (Å²) in [5.74, 6) is 0.00116. The first-order valence-corrected chi connectivity index (χ1v) is 5.31. The van der Waals surface area contributed by atoms with Gasteiger partial charge in [-0.25, -0.2) is 4.79 Å². The number of hydrogen-bond donors (Lipinski definition) is 0. The molecule has 0 saturated carbocycles. The summed E-state index contributed by atoms with van der Waals surface area (Å²) in [7, 11) is 1.42. The Bertz CT molecular complexity index is 398. The second kappa shape index (κ2) is 4.79. The molecule has 2 heteroatoms. The Labute approximate surface area is 95.3 Å². The zero-order valence-electron chi connectivity index (χ0n) is 9.17. The molecule has 0 aliphatic heterocycles. The average Bonchev–Trinajstić information content (AvgIpc) is 2.97. The summed E-state index contributed by atoms with van der Waals surface area (Å²) in [4.78, 5) is 11.7. The first-order chi connectivity index (χ1) is 7.81. The number of methoxy groups -OCH3 is 1. The molecule has 2 rings (SSSR count). The summed E-state index contributed by atoms with van der Waals surface area (Å²) in [6, 6.07) is 0. The van der Waals surface area contributed by atoms with Crippen LogP contribution in [0.3, 0.4) is 0 Å². The predicted octanol–water partition coefficient (Wildman–Crippen LogP) is 2.57. The fraction of sp³-hybridized carbons (Fsp3) is 0.214.